The van der Waals surface area contributed by atoms with Gasteiger partial charge in [-0.05, 0) is 84.3 Å². The van der Waals surface area contributed by atoms with Crippen molar-refractivity contribution in [3.8, 4) is 16.9 Å². The number of carbonyl (C=O) groups is 2. The molecular formula is C32H35ClO4S. The van der Waals surface area contributed by atoms with Crippen molar-refractivity contribution in [1.82, 2.24) is 0 Å². The molecular weight excluding hydrogens is 516 g/mol. The summed E-state index contributed by atoms with van der Waals surface area (Å²) in [4.78, 5) is 27.8. The summed E-state index contributed by atoms with van der Waals surface area (Å²) in [5.41, 5.74) is 5.76. The molecule has 0 aromatic heterocycles. The highest BCUT2D eigenvalue weighted by molar-refractivity contribution is 8.00. The van der Waals surface area contributed by atoms with Gasteiger partial charge in [0.25, 0.3) is 0 Å². The van der Waals surface area contributed by atoms with E-state index >= 15 is 0 Å². The van der Waals surface area contributed by atoms with Crippen molar-refractivity contribution in [2.45, 2.75) is 62.4 Å². The van der Waals surface area contributed by atoms with Crippen LogP contribution >= 0.6 is 23.4 Å². The fraction of sp³-hybridized carbons (Fsp3) is 0.375. The van der Waals surface area contributed by atoms with Gasteiger partial charge in [0.15, 0.2) is 5.78 Å². The lowest BCUT2D eigenvalue weighted by molar-refractivity contribution is -0.146. The molecule has 3 aromatic rings. The number of ether oxygens (including phenoxy) is 2. The van der Waals surface area contributed by atoms with Crippen molar-refractivity contribution in [3.63, 3.8) is 0 Å². The average Bonchev–Trinajstić information content (AvgIpc) is 2.94. The molecule has 0 aliphatic heterocycles. The summed E-state index contributed by atoms with van der Waals surface area (Å²) < 4.78 is 9.91. The van der Waals surface area contributed by atoms with E-state index in [1.54, 1.807) is 18.9 Å². The molecule has 1 atom stereocenters. The lowest BCUT2D eigenvalue weighted by Gasteiger charge is -2.38. The molecule has 0 amide bonds. The van der Waals surface area contributed by atoms with Crippen LogP contribution in [0.3, 0.4) is 0 Å². The van der Waals surface area contributed by atoms with Crippen molar-refractivity contribution in [2.75, 3.05) is 14.2 Å². The third-order valence-corrected chi connectivity index (χ3v) is 9.44. The van der Waals surface area contributed by atoms with Crippen LogP contribution in [0.5, 0.6) is 5.75 Å². The molecule has 0 N–H and O–H groups in total. The number of hydrogen-bond acceptors (Lipinski definition) is 5. The second-order valence-electron chi connectivity index (χ2n) is 10.0. The minimum atomic E-state index is -0.958. The SMILES string of the molecule is COC(=O)C(C(=O)C1(SCc2ccc(OC)cc2)CCCCC1)c1c(C)cc(-c2ccc(Cl)cc2)cc1C. The quantitative estimate of drug-likeness (QED) is 0.199. The molecule has 0 radical (unpaired) electrons. The Morgan fingerprint density at radius 2 is 1.50 bits per heavy atom. The van der Waals surface area contributed by atoms with Crippen molar-refractivity contribution < 1.29 is 19.1 Å². The van der Waals surface area contributed by atoms with Crippen molar-refractivity contribution >= 4 is 35.1 Å². The van der Waals surface area contributed by atoms with Gasteiger partial charge in [-0.25, -0.2) is 0 Å². The van der Waals surface area contributed by atoms with E-state index < -0.39 is 16.6 Å². The number of esters is 1. The molecule has 1 aliphatic carbocycles. The Bertz CT molecular complexity index is 1250. The van der Waals surface area contributed by atoms with E-state index in [4.69, 9.17) is 21.1 Å². The third kappa shape index (κ3) is 6.10. The number of rotatable bonds is 9. The van der Waals surface area contributed by atoms with Gasteiger partial charge in [-0.3, -0.25) is 9.59 Å². The van der Waals surface area contributed by atoms with Gasteiger partial charge in [0.2, 0.25) is 0 Å². The molecule has 1 saturated carbocycles. The molecule has 4 nitrogen and oxygen atoms in total. The number of halogens is 1. The van der Waals surface area contributed by atoms with Crippen molar-refractivity contribution in [1.29, 1.82) is 0 Å². The van der Waals surface area contributed by atoms with Gasteiger partial charge in [-0.15, -0.1) is 11.8 Å². The number of methoxy groups -OCH3 is 2. The van der Waals surface area contributed by atoms with Gasteiger partial charge in [0.1, 0.15) is 11.7 Å². The first-order valence-electron chi connectivity index (χ1n) is 13.0. The van der Waals surface area contributed by atoms with Crippen LogP contribution in [0.1, 0.15) is 60.3 Å². The third-order valence-electron chi connectivity index (χ3n) is 7.54. The number of hydrogen-bond donors (Lipinski definition) is 0. The summed E-state index contributed by atoms with van der Waals surface area (Å²) in [6, 6.07) is 19.7. The van der Waals surface area contributed by atoms with E-state index in [1.807, 2.05) is 74.5 Å². The topological polar surface area (TPSA) is 52.6 Å². The zero-order valence-electron chi connectivity index (χ0n) is 22.5. The Morgan fingerprint density at radius 1 is 0.895 bits per heavy atom. The van der Waals surface area contributed by atoms with Crippen molar-refractivity contribution in [3.05, 3.63) is 87.9 Å². The standard InChI is InChI=1S/C32H35ClO4S/c1-21-18-25(24-10-12-26(33)13-11-24)19-22(2)28(21)29(31(35)37-4)30(34)32(16-6-5-7-17-32)38-20-23-8-14-27(36-3)15-9-23/h8-15,18-19,29H,5-7,16-17,20H2,1-4H3. The Kier molecular flexibility index (Phi) is 9.22. The molecule has 1 aliphatic rings. The molecule has 0 spiro atoms. The Balaban J connectivity index is 1.69. The van der Waals surface area contributed by atoms with Gasteiger partial charge in [0.05, 0.1) is 19.0 Å². The Hall–Kier alpha value is -2.76. The molecule has 38 heavy (non-hydrogen) atoms. The zero-order chi connectivity index (χ0) is 27.3. The summed E-state index contributed by atoms with van der Waals surface area (Å²) in [6.45, 7) is 3.95. The smallest absolute Gasteiger partial charge is 0.320 e. The summed E-state index contributed by atoms with van der Waals surface area (Å²) in [6.07, 6.45) is 4.59. The fourth-order valence-corrected chi connectivity index (χ4v) is 7.10. The predicted molar refractivity (Wildman–Crippen MR) is 156 cm³/mol. The van der Waals surface area contributed by atoms with Crippen LogP contribution in [-0.4, -0.2) is 30.7 Å². The maximum absolute atomic E-state index is 14.5. The van der Waals surface area contributed by atoms with E-state index in [0.29, 0.717) is 10.8 Å². The molecule has 6 heteroatoms. The highest BCUT2D eigenvalue weighted by Gasteiger charge is 2.47. The Labute approximate surface area is 235 Å². The van der Waals surface area contributed by atoms with E-state index in [1.165, 1.54) is 7.11 Å². The number of carbonyl (C=O) groups excluding carboxylic acids is 2. The highest BCUT2D eigenvalue weighted by atomic mass is 35.5. The molecule has 3 aromatic carbocycles. The molecule has 1 unspecified atom stereocenters. The minimum Gasteiger partial charge on any atom is -0.497 e. The maximum atomic E-state index is 14.5. The van der Waals surface area contributed by atoms with E-state index in [9.17, 15) is 9.59 Å². The first-order chi connectivity index (χ1) is 18.3. The molecule has 0 saturated heterocycles. The van der Waals surface area contributed by atoms with E-state index in [-0.39, 0.29) is 5.78 Å². The number of ketones is 1. The second kappa shape index (κ2) is 12.4. The summed E-state index contributed by atoms with van der Waals surface area (Å²) >= 11 is 7.76. The molecule has 4 rings (SSSR count). The summed E-state index contributed by atoms with van der Waals surface area (Å²) in [5.74, 6) is 0.0158. The molecule has 0 heterocycles. The van der Waals surface area contributed by atoms with Gasteiger partial charge < -0.3 is 9.47 Å². The number of aryl methyl sites for hydroxylation is 2. The number of thioether (sulfide) groups is 1. The molecule has 1 fully saturated rings. The monoisotopic (exact) mass is 550 g/mol. The molecule has 200 valence electrons. The zero-order valence-corrected chi connectivity index (χ0v) is 24.1. The van der Waals surface area contributed by atoms with Crippen LogP contribution < -0.4 is 4.74 Å². The normalized spacial score (nSPS) is 15.5. The van der Waals surface area contributed by atoms with Gasteiger partial charge in [-0.1, -0.05) is 67.3 Å². The average molecular weight is 551 g/mol. The lowest BCUT2D eigenvalue weighted by atomic mass is 9.76. The fourth-order valence-electron chi connectivity index (χ4n) is 5.50. The van der Waals surface area contributed by atoms with Crippen LogP contribution in [-0.2, 0) is 20.1 Å². The van der Waals surface area contributed by atoms with E-state index in [2.05, 4.69) is 0 Å². The van der Waals surface area contributed by atoms with Crippen LogP contribution in [0.15, 0.2) is 60.7 Å². The lowest BCUT2D eigenvalue weighted by Crippen LogP contribution is -2.43. The van der Waals surface area contributed by atoms with E-state index in [0.717, 1.165) is 71.2 Å². The van der Waals surface area contributed by atoms with Crippen LogP contribution in [0.2, 0.25) is 5.02 Å². The van der Waals surface area contributed by atoms with Gasteiger partial charge >= 0.3 is 5.97 Å². The molecule has 0 bridgehead atoms. The van der Waals surface area contributed by atoms with Gasteiger partial charge in [0, 0.05) is 10.8 Å². The predicted octanol–water partition coefficient (Wildman–Crippen LogP) is 8.09. The summed E-state index contributed by atoms with van der Waals surface area (Å²) in [5, 5.41) is 0.681. The number of Topliss-reactive ketones (excluding diaryl/α,β-unsaturated/α-hetero) is 1. The van der Waals surface area contributed by atoms with Gasteiger partial charge in [-0.2, -0.15) is 0 Å². The first-order valence-corrected chi connectivity index (χ1v) is 14.4. The first kappa shape index (κ1) is 28.3. The van der Waals surface area contributed by atoms with Crippen LogP contribution in [0.25, 0.3) is 11.1 Å². The van der Waals surface area contributed by atoms with Crippen molar-refractivity contribution in [2.24, 2.45) is 0 Å². The highest BCUT2D eigenvalue weighted by Crippen LogP contribution is 2.46. The largest absolute Gasteiger partial charge is 0.497 e. The Morgan fingerprint density at radius 3 is 2.05 bits per heavy atom. The number of benzene rings is 3. The van der Waals surface area contributed by atoms with Crippen LogP contribution in [0.4, 0.5) is 0 Å². The second-order valence-corrected chi connectivity index (χ2v) is 11.8. The summed E-state index contributed by atoms with van der Waals surface area (Å²) in [7, 11) is 3.02. The van der Waals surface area contributed by atoms with Crippen LogP contribution in [0, 0.1) is 13.8 Å². The maximum Gasteiger partial charge on any atom is 0.320 e. The minimum absolute atomic E-state index is 0.0343.